The van der Waals surface area contributed by atoms with Gasteiger partial charge in [-0.15, -0.1) is 11.3 Å². The number of anilines is 1. The molecule has 0 aliphatic heterocycles. The number of benzene rings is 1. The summed E-state index contributed by atoms with van der Waals surface area (Å²) in [6.07, 6.45) is 0. The molecule has 0 saturated carbocycles. The Morgan fingerprint density at radius 3 is 2.72 bits per heavy atom. The molecule has 0 bridgehead atoms. The zero-order chi connectivity index (χ0) is 13.2. The Balaban J connectivity index is 2.01. The Hall–Kier alpha value is -0.620. The second-order valence-corrected chi connectivity index (χ2v) is 7.36. The first kappa shape index (κ1) is 13.8. The lowest BCUT2D eigenvalue weighted by atomic mass is 9.98. The van der Waals surface area contributed by atoms with Crippen molar-refractivity contribution in [3.8, 4) is 0 Å². The van der Waals surface area contributed by atoms with E-state index in [0.717, 1.165) is 17.9 Å². The van der Waals surface area contributed by atoms with Crippen LogP contribution in [0.3, 0.4) is 0 Å². The van der Waals surface area contributed by atoms with Gasteiger partial charge in [0.2, 0.25) is 0 Å². The van der Waals surface area contributed by atoms with Gasteiger partial charge in [-0.1, -0.05) is 26.8 Å². The van der Waals surface area contributed by atoms with Gasteiger partial charge in [0.05, 0.1) is 17.2 Å². The molecule has 4 heteroatoms. The summed E-state index contributed by atoms with van der Waals surface area (Å²) in [6.45, 7) is 7.38. The van der Waals surface area contributed by atoms with Crippen LogP contribution in [0.15, 0.2) is 29.6 Å². The number of thiazole rings is 1. The Kier molecular flexibility index (Phi) is 4.27. The molecule has 0 amide bonds. The highest BCUT2D eigenvalue weighted by atomic mass is 127. The first-order chi connectivity index (χ1) is 8.45. The molecule has 0 fully saturated rings. The van der Waals surface area contributed by atoms with Crippen LogP contribution in [-0.2, 0) is 12.0 Å². The second-order valence-electron chi connectivity index (χ2n) is 5.26. The van der Waals surface area contributed by atoms with E-state index in [1.54, 1.807) is 11.3 Å². The maximum absolute atomic E-state index is 4.67. The average Bonchev–Trinajstić information content (AvgIpc) is 2.74. The van der Waals surface area contributed by atoms with Crippen LogP contribution in [0.2, 0.25) is 0 Å². The molecule has 0 atom stereocenters. The van der Waals surface area contributed by atoms with E-state index < -0.39 is 0 Å². The molecule has 96 valence electrons. The zero-order valence-corrected chi connectivity index (χ0v) is 13.8. The van der Waals surface area contributed by atoms with Crippen LogP contribution in [0, 0.1) is 3.57 Å². The lowest BCUT2D eigenvalue weighted by molar-refractivity contribution is 0.583. The summed E-state index contributed by atoms with van der Waals surface area (Å²) in [7, 11) is 0. The summed E-state index contributed by atoms with van der Waals surface area (Å²) >= 11 is 4.06. The maximum atomic E-state index is 4.67. The van der Waals surface area contributed by atoms with Crippen molar-refractivity contribution in [1.82, 2.24) is 4.98 Å². The van der Waals surface area contributed by atoms with E-state index in [4.69, 9.17) is 0 Å². The molecular weight excluding hydrogens is 355 g/mol. The summed E-state index contributed by atoms with van der Waals surface area (Å²) in [4.78, 5) is 4.67. The molecule has 0 unspecified atom stereocenters. The van der Waals surface area contributed by atoms with Crippen LogP contribution in [0.5, 0.6) is 0 Å². The molecule has 0 aliphatic rings. The van der Waals surface area contributed by atoms with Crippen LogP contribution < -0.4 is 5.32 Å². The third-order valence-corrected chi connectivity index (χ3v) is 4.48. The normalized spacial score (nSPS) is 11.6. The molecule has 1 N–H and O–H groups in total. The fourth-order valence-electron chi connectivity index (χ4n) is 1.52. The van der Waals surface area contributed by atoms with Crippen molar-refractivity contribution in [1.29, 1.82) is 0 Å². The van der Waals surface area contributed by atoms with Crippen molar-refractivity contribution in [2.45, 2.75) is 32.7 Å². The largest absolute Gasteiger partial charge is 0.379 e. The SMILES string of the molecule is CC(C)(C)c1nc(CNc2cccc(I)c2)cs1. The molecular formula is C14H17IN2S. The first-order valence-corrected chi connectivity index (χ1v) is 7.85. The highest BCUT2D eigenvalue weighted by Crippen LogP contribution is 2.25. The fraction of sp³-hybridized carbons (Fsp3) is 0.357. The molecule has 0 spiro atoms. The molecule has 1 aromatic carbocycles. The number of rotatable bonds is 3. The molecule has 0 saturated heterocycles. The highest BCUT2D eigenvalue weighted by molar-refractivity contribution is 14.1. The minimum absolute atomic E-state index is 0.144. The minimum atomic E-state index is 0.144. The maximum Gasteiger partial charge on any atom is 0.0982 e. The van der Waals surface area contributed by atoms with Gasteiger partial charge in [-0.05, 0) is 40.8 Å². The smallest absolute Gasteiger partial charge is 0.0982 e. The number of aromatic nitrogens is 1. The summed E-state index contributed by atoms with van der Waals surface area (Å²) in [6, 6.07) is 8.37. The number of hydrogen-bond acceptors (Lipinski definition) is 3. The van der Waals surface area contributed by atoms with Crippen molar-refractivity contribution < 1.29 is 0 Å². The fourth-order valence-corrected chi connectivity index (χ4v) is 2.97. The van der Waals surface area contributed by atoms with Crippen LogP contribution in [0.4, 0.5) is 5.69 Å². The lowest BCUT2D eigenvalue weighted by Crippen LogP contribution is -2.11. The number of halogens is 1. The van der Waals surface area contributed by atoms with Crippen LogP contribution >= 0.6 is 33.9 Å². The monoisotopic (exact) mass is 372 g/mol. The van der Waals surface area contributed by atoms with Crippen LogP contribution in [-0.4, -0.2) is 4.98 Å². The molecule has 2 nitrogen and oxygen atoms in total. The molecule has 2 aromatic rings. The molecule has 0 aliphatic carbocycles. The predicted octanol–water partition coefficient (Wildman–Crippen LogP) is 4.66. The quantitative estimate of drug-likeness (QED) is 0.793. The lowest BCUT2D eigenvalue weighted by Gasteiger charge is -2.13. The van der Waals surface area contributed by atoms with Gasteiger partial charge in [0.1, 0.15) is 0 Å². The molecule has 0 radical (unpaired) electrons. The standard InChI is InChI=1S/C14H17IN2S/c1-14(2,3)13-17-12(9-18-13)8-16-11-6-4-5-10(15)7-11/h4-7,9,16H,8H2,1-3H3. The van der Waals surface area contributed by atoms with E-state index in [1.807, 2.05) is 0 Å². The van der Waals surface area contributed by atoms with Crippen molar-refractivity contribution in [3.63, 3.8) is 0 Å². The summed E-state index contributed by atoms with van der Waals surface area (Å²) in [5.74, 6) is 0. The van der Waals surface area contributed by atoms with Gasteiger partial charge in [-0.25, -0.2) is 4.98 Å². The van der Waals surface area contributed by atoms with Crippen molar-refractivity contribution in [2.75, 3.05) is 5.32 Å². The van der Waals surface area contributed by atoms with E-state index in [-0.39, 0.29) is 5.41 Å². The van der Waals surface area contributed by atoms with Gasteiger partial charge in [0, 0.05) is 20.1 Å². The van der Waals surface area contributed by atoms with Gasteiger partial charge in [0.15, 0.2) is 0 Å². The van der Waals surface area contributed by atoms with E-state index in [9.17, 15) is 0 Å². The number of nitrogens with one attached hydrogen (secondary N) is 1. The number of hydrogen-bond donors (Lipinski definition) is 1. The van der Waals surface area contributed by atoms with Gasteiger partial charge >= 0.3 is 0 Å². The first-order valence-electron chi connectivity index (χ1n) is 5.89. The molecule has 1 aromatic heterocycles. The van der Waals surface area contributed by atoms with E-state index >= 15 is 0 Å². The van der Waals surface area contributed by atoms with Crippen LogP contribution in [0.1, 0.15) is 31.5 Å². The predicted molar refractivity (Wildman–Crippen MR) is 87.3 cm³/mol. The zero-order valence-electron chi connectivity index (χ0n) is 10.8. The van der Waals surface area contributed by atoms with Crippen molar-refractivity contribution in [2.24, 2.45) is 0 Å². The summed E-state index contributed by atoms with van der Waals surface area (Å²) in [5, 5.41) is 6.74. The van der Waals surface area contributed by atoms with E-state index in [1.165, 1.54) is 8.58 Å². The van der Waals surface area contributed by atoms with Crippen molar-refractivity contribution >= 4 is 39.6 Å². The second kappa shape index (κ2) is 5.57. The number of nitrogens with zero attached hydrogens (tertiary/aromatic N) is 1. The van der Waals surface area contributed by atoms with Gasteiger partial charge < -0.3 is 5.32 Å². The summed E-state index contributed by atoms with van der Waals surface area (Å²) in [5.41, 5.74) is 2.40. The Morgan fingerprint density at radius 1 is 1.33 bits per heavy atom. The van der Waals surface area contributed by atoms with Gasteiger partial charge in [0.25, 0.3) is 0 Å². The van der Waals surface area contributed by atoms with E-state index in [2.05, 4.69) is 83.3 Å². The highest BCUT2D eigenvalue weighted by Gasteiger charge is 2.17. The van der Waals surface area contributed by atoms with Gasteiger partial charge in [-0.2, -0.15) is 0 Å². The van der Waals surface area contributed by atoms with Crippen molar-refractivity contribution in [3.05, 3.63) is 43.9 Å². The molecule has 1 heterocycles. The van der Waals surface area contributed by atoms with E-state index in [0.29, 0.717) is 0 Å². The Bertz CT molecular complexity index is 529. The van der Waals surface area contributed by atoms with Crippen LogP contribution in [0.25, 0.3) is 0 Å². The topological polar surface area (TPSA) is 24.9 Å². The Labute approximate surface area is 126 Å². The third kappa shape index (κ3) is 3.68. The minimum Gasteiger partial charge on any atom is -0.379 e. The molecule has 18 heavy (non-hydrogen) atoms. The average molecular weight is 372 g/mol. The molecule has 2 rings (SSSR count). The Morgan fingerprint density at radius 2 is 2.11 bits per heavy atom. The van der Waals surface area contributed by atoms with Gasteiger partial charge in [-0.3, -0.25) is 0 Å². The third-order valence-electron chi connectivity index (χ3n) is 2.49. The summed E-state index contributed by atoms with van der Waals surface area (Å²) < 4.78 is 1.24.